The highest BCUT2D eigenvalue weighted by molar-refractivity contribution is 5.44. The zero-order valence-electron chi connectivity index (χ0n) is 21.0. The maximum absolute atomic E-state index is 13.6. The molecule has 3 aromatic rings. The van der Waals surface area contributed by atoms with Gasteiger partial charge in [-0.15, -0.1) is 0 Å². The van der Waals surface area contributed by atoms with Crippen molar-refractivity contribution in [2.75, 3.05) is 38.0 Å². The minimum absolute atomic E-state index is 0.0344. The molecule has 1 heterocycles. The fourth-order valence-electron chi connectivity index (χ4n) is 5.11. The average molecular weight is 494 g/mol. The largest absolute Gasteiger partial charge is 0.390 e. The number of aliphatic hydroxyl groups excluding tert-OH is 1. The second-order valence-corrected chi connectivity index (χ2v) is 9.75. The Morgan fingerprint density at radius 1 is 0.833 bits per heavy atom. The molecule has 192 valence electrons. The first kappa shape index (κ1) is 26.3. The highest BCUT2D eigenvalue weighted by Gasteiger charge is 2.27. The van der Waals surface area contributed by atoms with Crippen molar-refractivity contribution >= 4 is 5.69 Å². The Labute approximate surface area is 213 Å². The average Bonchev–Trinajstić information content (AvgIpc) is 2.90. The van der Waals surface area contributed by atoms with Gasteiger partial charge in [0.05, 0.1) is 6.10 Å². The van der Waals surface area contributed by atoms with E-state index in [0.717, 1.165) is 62.3 Å². The predicted molar refractivity (Wildman–Crippen MR) is 142 cm³/mol. The first-order valence-corrected chi connectivity index (χ1v) is 12.9. The Kier molecular flexibility index (Phi) is 9.45. The number of aryl methyl sites for hydroxylation is 1. The molecule has 6 heteroatoms. The molecule has 0 spiro atoms. The number of piperazine rings is 1. The molecule has 0 aliphatic carbocycles. The van der Waals surface area contributed by atoms with E-state index >= 15 is 0 Å². The third-order valence-corrected chi connectivity index (χ3v) is 7.17. The summed E-state index contributed by atoms with van der Waals surface area (Å²) in [7, 11) is 0. The van der Waals surface area contributed by atoms with E-state index in [9.17, 15) is 13.9 Å². The normalized spacial score (nSPS) is 16.1. The van der Waals surface area contributed by atoms with Crippen molar-refractivity contribution in [2.45, 2.75) is 44.2 Å². The topological polar surface area (TPSA) is 47.5 Å². The van der Waals surface area contributed by atoms with Gasteiger partial charge in [-0.2, -0.15) is 0 Å². The number of aliphatic hydroxyl groups is 1. The van der Waals surface area contributed by atoms with Crippen LogP contribution in [0.4, 0.5) is 14.5 Å². The van der Waals surface area contributed by atoms with E-state index in [2.05, 4.69) is 34.6 Å². The summed E-state index contributed by atoms with van der Waals surface area (Å²) < 4.78 is 27.2. The van der Waals surface area contributed by atoms with Crippen molar-refractivity contribution in [3.05, 3.63) is 101 Å². The van der Waals surface area contributed by atoms with Gasteiger partial charge in [0.15, 0.2) is 0 Å². The first-order valence-electron chi connectivity index (χ1n) is 12.9. The number of anilines is 1. The van der Waals surface area contributed by atoms with Gasteiger partial charge in [-0.3, -0.25) is 4.90 Å². The summed E-state index contributed by atoms with van der Waals surface area (Å²) in [5.74, 6) is -0.489. The summed E-state index contributed by atoms with van der Waals surface area (Å²) in [5, 5.41) is 18.0. The molecular weight excluding hydrogens is 456 g/mol. The van der Waals surface area contributed by atoms with Crippen molar-refractivity contribution in [2.24, 2.45) is 0 Å². The van der Waals surface area contributed by atoms with Crippen LogP contribution in [-0.2, 0) is 0 Å². The Morgan fingerprint density at radius 3 is 1.94 bits per heavy atom. The van der Waals surface area contributed by atoms with Crippen LogP contribution >= 0.6 is 0 Å². The highest BCUT2D eigenvalue weighted by atomic mass is 19.1. The molecular formula is C30H37F2N3O. The summed E-state index contributed by atoms with van der Waals surface area (Å²) in [6, 6.07) is 21.4. The van der Waals surface area contributed by atoms with Crippen molar-refractivity contribution < 1.29 is 13.9 Å². The summed E-state index contributed by atoms with van der Waals surface area (Å²) in [6.45, 7) is 6.20. The molecule has 1 aliphatic rings. The van der Waals surface area contributed by atoms with Crippen LogP contribution in [0.2, 0.25) is 0 Å². The van der Waals surface area contributed by atoms with Gasteiger partial charge in [-0.1, -0.05) is 48.4 Å². The van der Waals surface area contributed by atoms with Gasteiger partial charge in [0.25, 0.3) is 0 Å². The van der Waals surface area contributed by atoms with E-state index in [1.165, 1.54) is 29.8 Å². The van der Waals surface area contributed by atoms with Gasteiger partial charge < -0.3 is 15.7 Å². The molecule has 0 aromatic heterocycles. The predicted octanol–water partition coefficient (Wildman–Crippen LogP) is 5.32. The minimum atomic E-state index is -0.514. The summed E-state index contributed by atoms with van der Waals surface area (Å²) in [6.07, 6.45) is 2.04. The minimum Gasteiger partial charge on any atom is -0.390 e. The van der Waals surface area contributed by atoms with E-state index in [4.69, 9.17) is 0 Å². The summed E-state index contributed by atoms with van der Waals surface area (Å²) in [5.41, 5.74) is 4.25. The maximum atomic E-state index is 13.6. The van der Waals surface area contributed by atoms with Crippen LogP contribution < -0.4 is 10.6 Å². The molecule has 4 nitrogen and oxygen atoms in total. The second-order valence-electron chi connectivity index (χ2n) is 9.75. The third kappa shape index (κ3) is 7.36. The summed E-state index contributed by atoms with van der Waals surface area (Å²) in [4.78, 5) is 2.39. The Morgan fingerprint density at radius 2 is 1.39 bits per heavy atom. The van der Waals surface area contributed by atoms with E-state index in [-0.39, 0.29) is 23.6 Å². The molecule has 3 aromatic carbocycles. The van der Waals surface area contributed by atoms with Gasteiger partial charge >= 0.3 is 0 Å². The zero-order chi connectivity index (χ0) is 25.3. The van der Waals surface area contributed by atoms with Crippen molar-refractivity contribution in [1.82, 2.24) is 10.2 Å². The SMILES string of the molecule is Cc1ccc(NCC(O)C(CCCC(c2ccc(F)cc2)c2ccc(F)cc2)N2CCNCC2)cc1. The molecule has 2 atom stereocenters. The van der Waals surface area contributed by atoms with Gasteiger partial charge in [-0.25, -0.2) is 8.78 Å². The lowest BCUT2D eigenvalue weighted by molar-refractivity contribution is 0.0433. The Bertz CT molecular complexity index is 1010. The van der Waals surface area contributed by atoms with Gasteiger partial charge in [0.2, 0.25) is 0 Å². The molecule has 4 rings (SSSR count). The second kappa shape index (κ2) is 12.9. The molecule has 0 radical (unpaired) electrons. The smallest absolute Gasteiger partial charge is 0.123 e. The molecule has 1 fully saturated rings. The zero-order valence-corrected chi connectivity index (χ0v) is 21.0. The van der Waals surface area contributed by atoms with E-state index in [1.54, 1.807) is 0 Å². The number of nitrogens with zero attached hydrogens (tertiary/aromatic N) is 1. The van der Waals surface area contributed by atoms with Crippen molar-refractivity contribution in [3.63, 3.8) is 0 Å². The van der Waals surface area contributed by atoms with Crippen LogP contribution in [0.3, 0.4) is 0 Å². The molecule has 0 bridgehead atoms. The van der Waals surface area contributed by atoms with E-state index < -0.39 is 6.10 Å². The lowest BCUT2D eigenvalue weighted by Crippen LogP contribution is -2.53. The molecule has 2 unspecified atom stereocenters. The fourth-order valence-corrected chi connectivity index (χ4v) is 5.11. The van der Waals surface area contributed by atoms with Crippen LogP contribution in [-0.4, -0.2) is 54.9 Å². The van der Waals surface area contributed by atoms with Crippen LogP contribution in [0.15, 0.2) is 72.8 Å². The number of hydrogen-bond acceptors (Lipinski definition) is 4. The van der Waals surface area contributed by atoms with Gasteiger partial charge in [0, 0.05) is 50.4 Å². The van der Waals surface area contributed by atoms with Crippen LogP contribution in [0.5, 0.6) is 0 Å². The lowest BCUT2D eigenvalue weighted by Gasteiger charge is -2.38. The number of rotatable bonds is 11. The third-order valence-electron chi connectivity index (χ3n) is 7.17. The molecule has 0 saturated carbocycles. The number of benzene rings is 3. The van der Waals surface area contributed by atoms with Crippen molar-refractivity contribution in [1.29, 1.82) is 0 Å². The number of hydrogen-bond donors (Lipinski definition) is 3. The Hall–Kier alpha value is -2.80. The molecule has 1 aliphatic heterocycles. The van der Waals surface area contributed by atoms with Crippen molar-refractivity contribution in [3.8, 4) is 0 Å². The maximum Gasteiger partial charge on any atom is 0.123 e. The number of halogens is 2. The van der Waals surface area contributed by atoms with Gasteiger partial charge in [-0.05, 0) is 67.3 Å². The molecule has 0 amide bonds. The Balaban J connectivity index is 1.43. The van der Waals surface area contributed by atoms with Crippen LogP contribution in [0.25, 0.3) is 0 Å². The highest BCUT2D eigenvalue weighted by Crippen LogP contribution is 2.31. The van der Waals surface area contributed by atoms with E-state index in [0.29, 0.717) is 6.54 Å². The molecule has 36 heavy (non-hydrogen) atoms. The fraction of sp³-hybridized carbons (Fsp3) is 0.400. The quantitative estimate of drug-likeness (QED) is 0.338. The summed E-state index contributed by atoms with van der Waals surface area (Å²) >= 11 is 0. The molecule has 1 saturated heterocycles. The lowest BCUT2D eigenvalue weighted by atomic mass is 9.86. The standard InChI is InChI=1S/C30H37F2N3O/c1-22-5-15-27(16-6-22)34-21-30(36)29(35-19-17-33-18-20-35)4-2-3-28(23-7-11-25(31)12-8-23)24-9-13-26(32)14-10-24/h5-16,28-30,33-34,36H,2-4,17-21H2,1H3. The van der Waals surface area contributed by atoms with E-state index in [1.807, 2.05) is 36.4 Å². The van der Waals surface area contributed by atoms with Crippen LogP contribution in [0, 0.1) is 18.6 Å². The molecule has 3 N–H and O–H groups in total. The van der Waals surface area contributed by atoms with Crippen LogP contribution in [0.1, 0.15) is 41.9 Å². The van der Waals surface area contributed by atoms with Gasteiger partial charge in [0.1, 0.15) is 11.6 Å². The monoisotopic (exact) mass is 493 g/mol. The number of nitrogens with one attached hydrogen (secondary N) is 2. The first-order chi connectivity index (χ1) is 17.5.